The van der Waals surface area contributed by atoms with Gasteiger partial charge in [-0.25, -0.2) is 0 Å². The van der Waals surface area contributed by atoms with E-state index in [1.54, 1.807) is 0 Å². The topological polar surface area (TPSA) is 32.7 Å². The van der Waals surface area contributed by atoms with E-state index < -0.39 is 6.10 Å². The third kappa shape index (κ3) is 5.45. The average molecular weight is 263 g/mol. The SMILES string of the molecule is C=CCc1ccccc1OCC(O)CN(C)C(C)C. The van der Waals surface area contributed by atoms with E-state index in [4.69, 9.17) is 4.74 Å². The van der Waals surface area contributed by atoms with Crippen LogP contribution in [0.3, 0.4) is 0 Å². The van der Waals surface area contributed by atoms with Crippen LogP contribution in [0.25, 0.3) is 0 Å². The lowest BCUT2D eigenvalue weighted by Crippen LogP contribution is -2.37. The molecule has 0 saturated heterocycles. The average Bonchev–Trinajstić information content (AvgIpc) is 2.38. The lowest BCUT2D eigenvalue weighted by molar-refractivity contribution is 0.0675. The Morgan fingerprint density at radius 3 is 2.68 bits per heavy atom. The molecule has 0 aliphatic carbocycles. The van der Waals surface area contributed by atoms with E-state index in [0.717, 1.165) is 17.7 Å². The fourth-order valence-electron chi connectivity index (χ4n) is 1.75. The van der Waals surface area contributed by atoms with Crippen LogP contribution in [0.2, 0.25) is 0 Å². The monoisotopic (exact) mass is 263 g/mol. The minimum Gasteiger partial charge on any atom is -0.491 e. The number of hydrogen-bond acceptors (Lipinski definition) is 3. The van der Waals surface area contributed by atoms with Gasteiger partial charge >= 0.3 is 0 Å². The number of aliphatic hydroxyl groups excluding tert-OH is 1. The first kappa shape index (κ1) is 15.7. The minimum atomic E-state index is -0.482. The van der Waals surface area contributed by atoms with Crippen molar-refractivity contribution in [3.8, 4) is 5.75 Å². The maximum atomic E-state index is 9.96. The zero-order valence-electron chi connectivity index (χ0n) is 12.2. The summed E-state index contributed by atoms with van der Waals surface area (Å²) in [7, 11) is 2.00. The first-order chi connectivity index (χ1) is 9.04. The van der Waals surface area contributed by atoms with Gasteiger partial charge in [-0.15, -0.1) is 6.58 Å². The van der Waals surface area contributed by atoms with Crippen LogP contribution in [0.4, 0.5) is 0 Å². The highest BCUT2D eigenvalue weighted by Crippen LogP contribution is 2.18. The lowest BCUT2D eigenvalue weighted by Gasteiger charge is -2.24. The summed E-state index contributed by atoms with van der Waals surface area (Å²) in [6, 6.07) is 8.28. The molecule has 1 aromatic carbocycles. The normalized spacial score (nSPS) is 12.7. The largest absolute Gasteiger partial charge is 0.491 e. The molecule has 0 spiro atoms. The summed E-state index contributed by atoms with van der Waals surface area (Å²) in [5.74, 6) is 0.827. The Kier molecular flexibility index (Phi) is 6.60. The van der Waals surface area contributed by atoms with Crippen molar-refractivity contribution >= 4 is 0 Å². The van der Waals surface area contributed by atoms with E-state index in [1.807, 2.05) is 37.4 Å². The summed E-state index contributed by atoms with van der Waals surface area (Å²) in [6.45, 7) is 8.87. The number of likely N-dealkylation sites (N-methyl/N-ethyl adjacent to an activating group) is 1. The number of benzene rings is 1. The van der Waals surface area contributed by atoms with Crippen LogP contribution in [0, 0.1) is 0 Å². The van der Waals surface area contributed by atoms with Crippen molar-refractivity contribution in [3.05, 3.63) is 42.5 Å². The first-order valence-corrected chi connectivity index (χ1v) is 6.74. The summed E-state index contributed by atoms with van der Waals surface area (Å²) >= 11 is 0. The predicted octanol–water partition coefficient (Wildman–Crippen LogP) is 2.50. The fraction of sp³-hybridized carbons (Fsp3) is 0.500. The highest BCUT2D eigenvalue weighted by atomic mass is 16.5. The van der Waals surface area contributed by atoms with Gasteiger partial charge in [-0.2, -0.15) is 0 Å². The highest BCUT2D eigenvalue weighted by Gasteiger charge is 2.12. The second-order valence-corrected chi connectivity index (χ2v) is 5.10. The van der Waals surface area contributed by atoms with Gasteiger partial charge in [0, 0.05) is 12.6 Å². The predicted molar refractivity (Wildman–Crippen MR) is 79.6 cm³/mol. The smallest absolute Gasteiger partial charge is 0.122 e. The first-order valence-electron chi connectivity index (χ1n) is 6.74. The molecule has 106 valence electrons. The van der Waals surface area contributed by atoms with Crippen molar-refractivity contribution in [1.29, 1.82) is 0 Å². The van der Waals surface area contributed by atoms with Crippen molar-refractivity contribution in [2.75, 3.05) is 20.2 Å². The van der Waals surface area contributed by atoms with E-state index in [9.17, 15) is 5.11 Å². The molecule has 0 bridgehead atoms. The van der Waals surface area contributed by atoms with Gasteiger partial charge in [0.25, 0.3) is 0 Å². The molecule has 0 fully saturated rings. The van der Waals surface area contributed by atoms with Crippen LogP contribution in [0.15, 0.2) is 36.9 Å². The Bertz CT molecular complexity index is 390. The van der Waals surface area contributed by atoms with Crippen LogP contribution >= 0.6 is 0 Å². The Hall–Kier alpha value is -1.32. The number of rotatable bonds is 8. The van der Waals surface area contributed by atoms with Crippen molar-refractivity contribution in [3.63, 3.8) is 0 Å². The number of para-hydroxylation sites is 1. The second-order valence-electron chi connectivity index (χ2n) is 5.10. The Labute approximate surface area is 116 Å². The molecule has 0 heterocycles. The molecule has 0 amide bonds. The number of aliphatic hydroxyl groups is 1. The van der Waals surface area contributed by atoms with Crippen LogP contribution < -0.4 is 4.74 Å². The van der Waals surface area contributed by atoms with Crippen LogP contribution in [0.1, 0.15) is 19.4 Å². The fourth-order valence-corrected chi connectivity index (χ4v) is 1.75. The highest BCUT2D eigenvalue weighted by molar-refractivity contribution is 5.34. The molecule has 0 aliphatic heterocycles. The minimum absolute atomic E-state index is 0.311. The number of ether oxygens (including phenoxy) is 1. The number of allylic oxidation sites excluding steroid dienone is 1. The molecular formula is C16H25NO2. The summed E-state index contributed by atoms with van der Waals surface area (Å²) in [5.41, 5.74) is 1.10. The summed E-state index contributed by atoms with van der Waals surface area (Å²) in [4.78, 5) is 2.10. The summed E-state index contributed by atoms with van der Waals surface area (Å²) in [5, 5.41) is 9.96. The molecule has 1 unspecified atom stereocenters. The van der Waals surface area contributed by atoms with Gasteiger partial charge in [0.1, 0.15) is 18.5 Å². The second kappa shape index (κ2) is 7.97. The molecule has 1 aromatic rings. The third-order valence-corrected chi connectivity index (χ3v) is 3.15. The van der Waals surface area contributed by atoms with Crippen molar-refractivity contribution in [1.82, 2.24) is 4.90 Å². The Morgan fingerprint density at radius 2 is 2.05 bits per heavy atom. The third-order valence-electron chi connectivity index (χ3n) is 3.15. The summed E-state index contributed by atoms with van der Waals surface area (Å²) in [6.07, 6.45) is 2.15. The number of hydrogen-bond donors (Lipinski definition) is 1. The van der Waals surface area contributed by atoms with Gasteiger partial charge in [-0.1, -0.05) is 24.3 Å². The van der Waals surface area contributed by atoms with Gasteiger partial charge in [0.15, 0.2) is 0 Å². The van der Waals surface area contributed by atoms with Gasteiger partial charge in [-0.05, 0) is 38.9 Å². The van der Waals surface area contributed by atoms with Gasteiger partial charge in [0.05, 0.1) is 0 Å². The standard InChI is InChI=1S/C16H25NO2/c1-5-8-14-9-6-7-10-16(14)19-12-15(18)11-17(4)13(2)3/h5-7,9-10,13,15,18H,1,8,11-12H2,2-4H3. The van der Waals surface area contributed by atoms with E-state index >= 15 is 0 Å². The molecule has 3 heteroatoms. The van der Waals surface area contributed by atoms with Crippen molar-refractivity contribution < 1.29 is 9.84 Å². The maximum absolute atomic E-state index is 9.96. The summed E-state index contributed by atoms with van der Waals surface area (Å²) < 4.78 is 5.71. The molecule has 0 aliphatic rings. The zero-order chi connectivity index (χ0) is 14.3. The molecule has 0 aromatic heterocycles. The van der Waals surface area contributed by atoms with Gasteiger partial charge in [-0.3, -0.25) is 0 Å². The number of nitrogens with zero attached hydrogens (tertiary/aromatic N) is 1. The van der Waals surface area contributed by atoms with Crippen LogP contribution in [-0.2, 0) is 6.42 Å². The zero-order valence-corrected chi connectivity index (χ0v) is 12.2. The molecule has 1 rings (SSSR count). The molecule has 0 saturated carbocycles. The van der Waals surface area contributed by atoms with E-state index in [1.165, 1.54) is 0 Å². The maximum Gasteiger partial charge on any atom is 0.122 e. The lowest BCUT2D eigenvalue weighted by atomic mass is 10.1. The quantitative estimate of drug-likeness (QED) is 0.731. The molecule has 1 atom stereocenters. The van der Waals surface area contributed by atoms with Gasteiger partial charge < -0.3 is 14.7 Å². The Balaban J connectivity index is 2.50. The van der Waals surface area contributed by atoms with E-state index in [0.29, 0.717) is 19.2 Å². The molecular weight excluding hydrogens is 238 g/mol. The van der Waals surface area contributed by atoms with Gasteiger partial charge in [0.2, 0.25) is 0 Å². The molecule has 0 radical (unpaired) electrons. The molecule has 19 heavy (non-hydrogen) atoms. The Morgan fingerprint density at radius 1 is 1.37 bits per heavy atom. The van der Waals surface area contributed by atoms with E-state index in [2.05, 4.69) is 25.3 Å². The van der Waals surface area contributed by atoms with Crippen molar-refractivity contribution in [2.45, 2.75) is 32.4 Å². The van der Waals surface area contributed by atoms with Crippen molar-refractivity contribution in [2.24, 2.45) is 0 Å². The molecule has 1 N–H and O–H groups in total. The van der Waals surface area contributed by atoms with Crippen LogP contribution in [0.5, 0.6) is 5.75 Å². The molecule has 3 nitrogen and oxygen atoms in total. The van der Waals surface area contributed by atoms with E-state index in [-0.39, 0.29) is 0 Å². The van der Waals surface area contributed by atoms with Crippen LogP contribution in [-0.4, -0.2) is 42.4 Å².